The SMILES string of the molecule is C=CC(=O)OCCCCOC(=O)C1CCC(C(=O)Oc2ccc(OC(=O)C3CCC(C(=O)Oc4ccc(OC(=O)C5CCC(C(=O)OCCCCOC(=O)C=C)CC5)c(C(=O)OCCOC(=O)C(C)C)c4)CC3)cc2C(=O)OCCOC(=O)C(=C)C)CC1. The minimum Gasteiger partial charge on any atom is -0.465 e. The smallest absolute Gasteiger partial charge is 0.342 e. The summed E-state index contributed by atoms with van der Waals surface area (Å²) in [7, 11) is 0. The molecule has 0 N–H and O–H groups in total. The zero-order valence-corrected chi connectivity index (χ0v) is 50.1. The molecular formula is C64H78O24. The van der Waals surface area contributed by atoms with Gasteiger partial charge in [0, 0.05) is 17.7 Å². The van der Waals surface area contributed by atoms with Crippen LogP contribution in [-0.2, 0) is 85.8 Å². The third kappa shape index (κ3) is 23.2. The largest absolute Gasteiger partial charge is 0.465 e. The van der Waals surface area contributed by atoms with Crippen molar-refractivity contribution in [2.75, 3.05) is 52.9 Å². The Morgan fingerprint density at radius 1 is 0.409 bits per heavy atom. The van der Waals surface area contributed by atoms with Crippen LogP contribution < -0.4 is 18.9 Å². The summed E-state index contributed by atoms with van der Waals surface area (Å²) in [5.74, 6) is -12.3. The summed E-state index contributed by atoms with van der Waals surface area (Å²) < 4.78 is 64.4. The zero-order chi connectivity index (χ0) is 64.1. The van der Waals surface area contributed by atoms with Gasteiger partial charge in [0.1, 0.15) is 60.6 Å². The fourth-order valence-corrected chi connectivity index (χ4v) is 9.56. The quantitative estimate of drug-likeness (QED) is 0.0219. The molecule has 0 aliphatic heterocycles. The first-order valence-electron chi connectivity index (χ1n) is 29.6. The van der Waals surface area contributed by atoms with Gasteiger partial charge in [0.15, 0.2) is 0 Å². The topological polar surface area (TPSA) is 316 Å². The summed E-state index contributed by atoms with van der Waals surface area (Å²) in [4.78, 5) is 153. The van der Waals surface area contributed by atoms with Crippen LogP contribution in [0.5, 0.6) is 23.0 Å². The average Bonchev–Trinajstić information content (AvgIpc) is 3.05. The van der Waals surface area contributed by atoms with Crippen LogP contribution in [0.1, 0.15) is 144 Å². The van der Waals surface area contributed by atoms with Gasteiger partial charge in [0.25, 0.3) is 0 Å². The molecule has 2 aromatic carbocycles. The highest BCUT2D eigenvalue weighted by Gasteiger charge is 2.36. The van der Waals surface area contributed by atoms with Crippen LogP contribution in [0.25, 0.3) is 0 Å². The maximum Gasteiger partial charge on any atom is 0.342 e. The van der Waals surface area contributed by atoms with E-state index >= 15 is 0 Å². The fraction of sp³-hybridized carbons (Fsp3) is 0.531. The van der Waals surface area contributed by atoms with Crippen LogP contribution in [0.2, 0.25) is 0 Å². The summed E-state index contributed by atoms with van der Waals surface area (Å²) in [6.45, 7) is 14.2. The van der Waals surface area contributed by atoms with Gasteiger partial charge in [-0.1, -0.05) is 33.6 Å². The fourth-order valence-electron chi connectivity index (χ4n) is 9.56. The molecule has 0 radical (unpaired) electrons. The number of benzene rings is 2. The molecular weight excluding hydrogens is 1150 g/mol. The third-order valence-corrected chi connectivity index (χ3v) is 14.7. The Balaban J connectivity index is 1.16. The lowest BCUT2D eigenvalue weighted by atomic mass is 9.82. The van der Waals surface area contributed by atoms with Crippen LogP contribution in [0.3, 0.4) is 0 Å². The number of rotatable bonds is 32. The summed E-state index contributed by atoms with van der Waals surface area (Å²) in [6.07, 6.45) is 7.40. The second kappa shape index (κ2) is 36.4. The number of hydrogen-bond acceptors (Lipinski definition) is 24. The van der Waals surface area contributed by atoms with Gasteiger partial charge < -0.3 is 56.8 Å². The van der Waals surface area contributed by atoms with Gasteiger partial charge in [-0.05, 0) is 146 Å². The van der Waals surface area contributed by atoms with Crippen LogP contribution in [0.15, 0.2) is 73.9 Å². The number of ether oxygens (including phenoxy) is 12. The van der Waals surface area contributed by atoms with Crippen LogP contribution in [0.4, 0.5) is 0 Å². The van der Waals surface area contributed by atoms with Crippen molar-refractivity contribution >= 4 is 71.6 Å². The van der Waals surface area contributed by atoms with Crippen molar-refractivity contribution in [3.8, 4) is 23.0 Å². The Morgan fingerprint density at radius 3 is 1.05 bits per heavy atom. The minimum absolute atomic E-state index is 0.0850. The monoisotopic (exact) mass is 1230 g/mol. The van der Waals surface area contributed by atoms with Crippen molar-refractivity contribution in [3.63, 3.8) is 0 Å². The molecule has 0 unspecified atom stereocenters. The van der Waals surface area contributed by atoms with E-state index in [2.05, 4.69) is 19.7 Å². The third-order valence-electron chi connectivity index (χ3n) is 14.7. The minimum atomic E-state index is -0.993. The van der Waals surface area contributed by atoms with E-state index in [0.29, 0.717) is 77.0 Å². The highest BCUT2D eigenvalue weighted by molar-refractivity contribution is 5.96. The van der Waals surface area contributed by atoms with E-state index in [1.54, 1.807) is 13.8 Å². The van der Waals surface area contributed by atoms with E-state index in [1.165, 1.54) is 43.3 Å². The van der Waals surface area contributed by atoms with E-state index in [9.17, 15) is 57.5 Å². The molecule has 5 rings (SSSR count). The summed E-state index contributed by atoms with van der Waals surface area (Å²) >= 11 is 0. The lowest BCUT2D eigenvalue weighted by Gasteiger charge is -2.26. The number of hydrogen-bond donors (Lipinski definition) is 0. The second-order valence-corrected chi connectivity index (χ2v) is 21.6. The van der Waals surface area contributed by atoms with Gasteiger partial charge in [-0.15, -0.1) is 0 Å². The molecule has 24 heteroatoms. The van der Waals surface area contributed by atoms with Crippen molar-refractivity contribution in [2.45, 2.75) is 124 Å². The molecule has 3 fully saturated rings. The molecule has 3 aliphatic rings. The number of unbranched alkanes of at least 4 members (excludes halogenated alkanes) is 2. The highest BCUT2D eigenvalue weighted by atomic mass is 16.6. The molecule has 478 valence electrons. The maximum atomic E-state index is 13.6. The first-order valence-corrected chi connectivity index (χ1v) is 29.6. The maximum absolute atomic E-state index is 13.6. The molecule has 24 nitrogen and oxygen atoms in total. The van der Waals surface area contributed by atoms with Gasteiger partial charge in [0.2, 0.25) is 0 Å². The first-order chi connectivity index (χ1) is 42.2. The van der Waals surface area contributed by atoms with Gasteiger partial charge >= 0.3 is 71.6 Å². The van der Waals surface area contributed by atoms with Crippen molar-refractivity contribution in [3.05, 3.63) is 85.0 Å². The van der Waals surface area contributed by atoms with E-state index in [1.807, 2.05) is 0 Å². The van der Waals surface area contributed by atoms with E-state index in [0.717, 1.165) is 12.2 Å². The molecule has 0 heterocycles. The molecule has 3 aliphatic carbocycles. The molecule has 2 aromatic rings. The lowest BCUT2D eigenvalue weighted by Crippen LogP contribution is -2.30. The Bertz CT molecular complexity index is 2840. The van der Waals surface area contributed by atoms with Crippen molar-refractivity contribution in [1.29, 1.82) is 0 Å². The van der Waals surface area contributed by atoms with Crippen LogP contribution in [-0.4, -0.2) is 124 Å². The molecule has 88 heavy (non-hydrogen) atoms. The number of carbonyl (C=O) groups is 12. The first kappa shape index (κ1) is 70.1. The normalized spacial score (nSPS) is 18.7. The van der Waals surface area contributed by atoms with Gasteiger partial charge in [0.05, 0.1) is 67.9 Å². The van der Waals surface area contributed by atoms with Gasteiger partial charge in [-0.25, -0.2) is 24.0 Å². The Hall–Kier alpha value is -8.70. The van der Waals surface area contributed by atoms with E-state index in [4.69, 9.17) is 56.8 Å². The van der Waals surface area contributed by atoms with Gasteiger partial charge in [-0.3, -0.25) is 33.6 Å². The average molecular weight is 1230 g/mol. The predicted octanol–water partition coefficient (Wildman–Crippen LogP) is 8.16. The van der Waals surface area contributed by atoms with Crippen LogP contribution >= 0.6 is 0 Å². The summed E-state index contributed by atoms with van der Waals surface area (Å²) in [6, 6.07) is 7.57. The molecule has 0 spiro atoms. The second-order valence-electron chi connectivity index (χ2n) is 21.6. The Labute approximate surface area is 510 Å². The predicted molar refractivity (Wildman–Crippen MR) is 307 cm³/mol. The standard InChI is InChI=1S/C64H78O24/c1-7-53(65)77-29-9-11-31-79-57(69)41-13-17-45(18-14-41)61(73)87-51-27-25-47(37-49(51)63(75)83-35-33-81-55(67)39(3)4)85-59(71)43-21-23-44(24-22-43)60(72)86-48-26-28-52(50(38-48)64(76)84-36-34-82-56(68)40(5)6)88-62(74)46-19-15-42(16-20-46)58(70)80-32-12-10-30-78-54(66)8-2/h7-8,25-28,37-38,40-46H,1-3,9-24,29-36H2,4-6H3. The molecule has 0 bridgehead atoms. The number of carbonyl (C=O) groups excluding carboxylic acids is 12. The van der Waals surface area contributed by atoms with E-state index < -0.39 is 113 Å². The Morgan fingerprint density at radius 2 is 0.716 bits per heavy atom. The zero-order valence-electron chi connectivity index (χ0n) is 50.1. The van der Waals surface area contributed by atoms with Gasteiger partial charge in [-0.2, -0.15) is 0 Å². The summed E-state index contributed by atoms with van der Waals surface area (Å²) in [5, 5.41) is 0. The lowest BCUT2D eigenvalue weighted by molar-refractivity contribution is -0.152. The van der Waals surface area contributed by atoms with Crippen molar-refractivity contribution in [1.82, 2.24) is 0 Å². The molecule has 0 amide bonds. The van der Waals surface area contributed by atoms with Crippen molar-refractivity contribution in [2.24, 2.45) is 41.4 Å². The molecule has 0 atom stereocenters. The molecule has 0 aromatic heterocycles. The Kier molecular flexibility index (Phi) is 29.0. The van der Waals surface area contributed by atoms with E-state index in [-0.39, 0.29) is 118 Å². The summed E-state index contributed by atoms with van der Waals surface area (Å²) in [5.41, 5.74) is -0.417. The highest BCUT2D eigenvalue weighted by Crippen LogP contribution is 2.37. The number of esters is 12. The van der Waals surface area contributed by atoms with Crippen LogP contribution in [0, 0.1) is 41.4 Å². The van der Waals surface area contributed by atoms with Crippen molar-refractivity contribution < 1.29 is 114 Å². The molecule has 0 saturated heterocycles. The molecule has 3 saturated carbocycles.